The molecule has 0 radical (unpaired) electrons. The van der Waals surface area contributed by atoms with Crippen molar-refractivity contribution in [2.45, 2.75) is 150 Å². The Kier molecular flexibility index (Phi) is 23.5. The monoisotopic (exact) mass is 896 g/mol. The fraction of sp³-hybridized carbons (Fsp3) is 0.596. The van der Waals surface area contributed by atoms with Gasteiger partial charge in [0, 0.05) is 31.7 Å². The first kappa shape index (κ1) is 54.6. The Morgan fingerprint density at radius 2 is 1.33 bits per heavy atom. The Labute approximate surface area is 378 Å². The molecule has 5 unspecified atom stereocenters. The summed E-state index contributed by atoms with van der Waals surface area (Å²) < 4.78 is 11.2. The molecular formula is C47H73N7O10. The van der Waals surface area contributed by atoms with Crippen molar-refractivity contribution < 1.29 is 48.1 Å². The third kappa shape index (κ3) is 21.2. The van der Waals surface area contributed by atoms with Crippen molar-refractivity contribution in [3.05, 3.63) is 59.7 Å². The lowest BCUT2D eigenvalue weighted by Crippen LogP contribution is -2.62. The van der Waals surface area contributed by atoms with E-state index in [1.54, 1.807) is 53.7 Å². The van der Waals surface area contributed by atoms with Crippen molar-refractivity contribution in [1.29, 1.82) is 0 Å². The van der Waals surface area contributed by atoms with E-state index < -0.39 is 71.7 Å². The lowest BCUT2D eigenvalue weighted by atomic mass is 10.0. The molecule has 2 aromatic rings. The maximum atomic E-state index is 14.0. The molecule has 6 amide bonds. The molecule has 2 rings (SSSR count). The number of amides is 6. The highest BCUT2D eigenvalue weighted by molar-refractivity contribution is 5.96. The number of hydrogen-bond acceptors (Lipinski definition) is 10. The molecule has 0 aliphatic carbocycles. The van der Waals surface area contributed by atoms with Crippen molar-refractivity contribution in [3.63, 3.8) is 0 Å². The summed E-state index contributed by atoms with van der Waals surface area (Å²) in [6.45, 7) is 16.7. The molecule has 0 saturated heterocycles. The molecule has 0 spiro atoms. The molecule has 0 saturated carbocycles. The first-order chi connectivity index (χ1) is 30.1. The maximum Gasteiger partial charge on any atom is 0.407 e. The van der Waals surface area contributed by atoms with Gasteiger partial charge < -0.3 is 52.2 Å². The van der Waals surface area contributed by atoms with Crippen molar-refractivity contribution in [3.8, 4) is 11.1 Å². The molecule has 0 bridgehead atoms. The average molecular weight is 896 g/mol. The zero-order chi connectivity index (χ0) is 48.0. The van der Waals surface area contributed by atoms with E-state index in [0.29, 0.717) is 18.4 Å². The minimum Gasteiger partial charge on any atom is -0.480 e. The lowest BCUT2D eigenvalue weighted by Gasteiger charge is -2.29. The first-order valence-corrected chi connectivity index (χ1v) is 22.3. The average Bonchev–Trinajstić information content (AvgIpc) is 3.22. The van der Waals surface area contributed by atoms with Gasteiger partial charge in [0.15, 0.2) is 6.17 Å². The number of carbonyl (C=O) groups excluding carboxylic acids is 6. The van der Waals surface area contributed by atoms with Crippen molar-refractivity contribution in [2.75, 3.05) is 19.7 Å². The molecule has 5 atom stereocenters. The third-order valence-corrected chi connectivity index (χ3v) is 9.77. The quantitative estimate of drug-likeness (QED) is 0.0456. The summed E-state index contributed by atoms with van der Waals surface area (Å²) in [5.41, 5.74) is 8.99. The van der Waals surface area contributed by atoms with Gasteiger partial charge in [-0.15, -0.1) is 0 Å². The third-order valence-electron chi connectivity index (χ3n) is 9.77. The zero-order valence-electron chi connectivity index (χ0n) is 39.1. The molecule has 17 nitrogen and oxygen atoms in total. The predicted octanol–water partition coefficient (Wildman–Crippen LogP) is 4.56. The van der Waals surface area contributed by atoms with Crippen LogP contribution >= 0.6 is 0 Å². The number of carbonyl (C=O) groups is 7. The number of aryl methyl sites for hydroxylation is 1. The summed E-state index contributed by atoms with van der Waals surface area (Å²) >= 11 is 0. The number of carboxylic acids is 1. The van der Waals surface area contributed by atoms with E-state index in [1.165, 1.54) is 5.56 Å². The molecule has 17 heteroatoms. The van der Waals surface area contributed by atoms with Crippen LogP contribution in [0.4, 0.5) is 4.79 Å². The number of aliphatic carboxylic acids is 1. The van der Waals surface area contributed by atoms with E-state index in [4.69, 9.17) is 15.2 Å². The molecule has 64 heavy (non-hydrogen) atoms. The van der Waals surface area contributed by atoms with Gasteiger partial charge in [-0.05, 0) is 107 Å². The fourth-order valence-corrected chi connectivity index (χ4v) is 6.32. The number of unbranched alkanes of at least 4 members (excludes halogenated alkanes) is 2. The highest BCUT2D eigenvalue weighted by Crippen LogP contribution is 2.21. The van der Waals surface area contributed by atoms with Gasteiger partial charge in [0.1, 0.15) is 23.7 Å². The van der Waals surface area contributed by atoms with Gasteiger partial charge in [-0.3, -0.25) is 24.0 Å². The van der Waals surface area contributed by atoms with Gasteiger partial charge in [0.2, 0.25) is 17.7 Å². The van der Waals surface area contributed by atoms with Crippen LogP contribution in [0.15, 0.2) is 48.5 Å². The van der Waals surface area contributed by atoms with Gasteiger partial charge in [0.05, 0.1) is 6.10 Å². The molecule has 0 fully saturated rings. The zero-order valence-corrected chi connectivity index (χ0v) is 39.1. The summed E-state index contributed by atoms with van der Waals surface area (Å²) in [7, 11) is 0. The van der Waals surface area contributed by atoms with Crippen LogP contribution < -0.4 is 37.6 Å². The van der Waals surface area contributed by atoms with Crippen LogP contribution in [-0.2, 0) is 39.9 Å². The van der Waals surface area contributed by atoms with E-state index in [0.717, 1.165) is 30.4 Å². The minimum atomic E-state index is -1.67. The number of benzene rings is 2. The SMILES string of the molecule is CCCCc1ccc(-c2ccc(C(=O)NCCC(=O)NC(CCCCNC(=O)OC(C)(C)C)C(=O)NC(C(=O)NC(N)C(=O)NC(CC(C)C)C(=O)O)C(C)OCC(C)C)cc2)cc1. The van der Waals surface area contributed by atoms with E-state index in [2.05, 4.69) is 63.1 Å². The van der Waals surface area contributed by atoms with Crippen molar-refractivity contribution in [1.82, 2.24) is 31.9 Å². The number of nitrogens with two attached hydrogens (primary N) is 1. The van der Waals surface area contributed by atoms with E-state index >= 15 is 0 Å². The summed E-state index contributed by atoms with van der Waals surface area (Å²) in [5.74, 6) is -4.77. The van der Waals surface area contributed by atoms with E-state index in [1.807, 2.05) is 26.0 Å². The van der Waals surface area contributed by atoms with Crippen molar-refractivity contribution >= 4 is 41.6 Å². The number of hydrogen-bond donors (Lipinski definition) is 8. The van der Waals surface area contributed by atoms with Gasteiger partial charge in [-0.1, -0.05) is 77.4 Å². The second-order valence-corrected chi connectivity index (χ2v) is 17.9. The summed E-state index contributed by atoms with van der Waals surface area (Å²) in [4.78, 5) is 90.7. The molecule has 0 aliphatic rings. The van der Waals surface area contributed by atoms with Gasteiger partial charge in [-0.2, -0.15) is 0 Å². The van der Waals surface area contributed by atoms with E-state index in [-0.39, 0.29) is 56.7 Å². The molecule has 0 aliphatic heterocycles. The van der Waals surface area contributed by atoms with E-state index in [9.17, 15) is 38.7 Å². The van der Waals surface area contributed by atoms with Crippen LogP contribution in [0.1, 0.15) is 123 Å². The van der Waals surface area contributed by atoms with Crippen LogP contribution in [0.2, 0.25) is 0 Å². The molecular weight excluding hydrogens is 823 g/mol. The molecule has 9 N–H and O–H groups in total. The van der Waals surface area contributed by atoms with Crippen LogP contribution in [0.25, 0.3) is 11.1 Å². The van der Waals surface area contributed by atoms with Crippen LogP contribution in [0.3, 0.4) is 0 Å². The smallest absolute Gasteiger partial charge is 0.407 e. The van der Waals surface area contributed by atoms with Gasteiger partial charge in [0.25, 0.3) is 11.8 Å². The van der Waals surface area contributed by atoms with Gasteiger partial charge in [-0.25, -0.2) is 9.59 Å². The van der Waals surface area contributed by atoms with Crippen LogP contribution in [0.5, 0.6) is 0 Å². The Morgan fingerprint density at radius 3 is 1.89 bits per heavy atom. The number of carboxylic acid groups (broad SMARTS) is 1. The number of ether oxygens (including phenoxy) is 2. The Bertz CT molecular complexity index is 1810. The molecule has 0 aromatic heterocycles. The molecule has 2 aromatic carbocycles. The lowest BCUT2D eigenvalue weighted by molar-refractivity contribution is -0.143. The number of alkyl carbamates (subject to hydrolysis) is 1. The Hall–Kier alpha value is -5.55. The maximum absolute atomic E-state index is 14.0. The van der Waals surface area contributed by atoms with Gasteiger partial charge >= 0.3 is 12.1 Å². The largest absolute Gasteiger partial charge is 0.480 e. The number of nitrogens with one attached hydrogen (secondary N) is 6. The topological polar surface area (TPSA) is 256 Å². The highest BCUT2D eigenvalue weighted by Gasteiger charge is 2.34. The highest BCUT2D eigenvalue weighted by atomic mass is 16.6. The standard InChI is InChI=1S/C47H73N7O10/c1-10-11-14-32-16-18-33(19-17-32)34-20-22-35(23-21-34)41(56)49-26-24-38(55)51-36(15-12-13-25-50-46(62)64-47(7,8)9)42(57)53-39(31(6)63-28-30(4)5)43(58)54-40(48)44(59)52-37(45(60)61)27-29(2)3/h16-23,29-31,36-37,39-40H,10-15,24-28,48H2,1-9H3,(H,49,56)(H,50,62)(H,51,55)(H,52,59)(H,53,57)(H,54,58)(H,60,61). The summed E-state index contributed by atoms with van der Waals surface area (Å²) in [6.07, 6.45) is 0.881. The fourth-order valence-electron chi connectivity index (χ4n) is 6.32. The summed E-state index contributed by atoms with van der Waals surface area (Å²) in [5, 5.41) is 25.0. The second-order valence-electron chi connectivity index (χ2n) is 17.9. The predicted molar refractivity (Wildman–Crippen MR) is 245 cm³/mol. The molecule has 0 heterocycles. The second kappa shape index (κ2) is 27.6. The van der Waals surface area contributed by atoms with Crippen LogP contribution in [0, 0.1) is 11.8 Å². The minimum absolute atomic E-state index is 0.0370. The Morgan fingerprint density at radius 1 is 0.703 bits per heavy atom. The number of rotatable bonds is 27. The first-order valence-electron chi connectivity index (χ1n) is 22.3. The van der Waals surface area contributed by atoms with Crippen LogP contribution in [-0.4, -0.2) is 102 Å². The Balaban J connectivity index is 2.17. The normalized spacial score (nSPS) is 13.8. The summed E-state index contributed by atoms with van der Waals surface area (Å²) in [6, 6.07) is 11.7. The molecule has 356 valence electrons. The van der Waals surface area contributed by atoms with Crippen molar-refractivity contribution in [2.24, 2.45) is 17.6 Å².